The van der Waals surface area contributed by atoms with Crippen molar-refractivity contribution in [3.63, 3.8) is 0 Å². The summed E-state index contributed by atoms with van der Waals surface area (Å²) in [7, 11) is 1.62. The molecule has 2 aromatic rings. The highest BCUT2D eigenvalue weighted by Gasteiger charge is 2.18. The van der Waals surface area contributed by atoms with Crippen LogP contribution in [0, 0.1) is 0 Å². The van der Waals surface area contributed by atoms with E-state index >= 15 is 0 Å². The number of hydrogen-bond donors (Lipinski definition) is 2. The number of nitrogens with zero attached hydrogens (tertiary/aromatic N) is 1. The fourth-order valence-corrected chi connectivity index (χ4v) is 3.41. The normalized spacial score (nSPS) is 15.4. The number of amides is 2. The molecule has 1 aliphatic carbocycles. The van der Waals surface area contributed by atoms with Gasteiger partial charge in [0.2, 0.25) is 0 Å². The SMILES string of the molecule is COc1cccc2sc(NC(=O)NC3CCCC3)nc12. The topological polar surface area (TPSA) is 63.2 Å². The van der Waals surface area contributed by atoms with Crippen LogP contribution in [-0.4, -0.2) is 24.2 Å². The molecule has 0 bridgehead atoms. The number of methoxy groups -OCH3 is 1. The lowest BCUT2D eigenvalue weighted by Gasteiger charge is -2.11. The number of ether oxygens (including phenoxy) is 1. The van der Waals surface area contributed by atoms with Crippen molar-refractivity contribution in [1.82, 2.24) is 10.3 Å². The van der Waals surface area contributed by atoms with E-state index in [2.05, 4.69) is 15.6 Å². The average Bonchev–Trinajstić information content (AvgIpc) is 3.06. The predicted octanol–water partition coefficient (Wildman–Crippen LogP) is 3.37. The minimum atomic E-state index is -0.171. The molecule has 0 aliphatic heterocycles. The van der Waals surface area contributed by atoms with Gasteiger partial charge in [-0.1, -0.05) is 30.2 Å². The lowest BCUT2D eigenvalue weighted by Crippen LogP contribution is -2.36. The molecule has 0 radical (unpaired) electrons. The number of nitrogens with one attached hydrogen (secondary N) is 2. The third-order valence-electron chi connectivity index (χ3n) is 3.51. The molecule has 3 rings (SSSR count). The molecule has 5 nitrogen and oxygen atoms in total. The number of fused-ring (bicyclic) bond motifs is 1. The Hall–Kier alpha value is -1.82. The van der Waals surface area contributed by atoms with Crippen LogP contribution in [0.25, 0.3) is 10.2 Å². The van der Waals surface area contributed by atoms with Gasteiger partial charge in [0.15, 0.2) is 5.13 Å². The number of urea groups is 1. The molecule has 1 fully saturated rings. The molecule has 1 saturated carbocycles. The Morgan fingerprint density at radius 1 is 1.40 bits per heavy atom. The molecular formula is C14H17N3O2S. The van der Waals surface area contributed by atoms with Crippen LogP contribution in [0.15, 0.2) is 18.2 Å². The molecule has 6 heteroatoms. The Labute approximate surface area is 121 Å². The van der Waals surface area contributed by atoms with E-state index < -0.39 is 0 Å². The predicted molar refractivity (Wildman–Crippen MR) is 80.6 cm³/mol. The van der Waals surface area contributed by atoms with E-state index in [0.717, 1.165) is 28.8 Å². The summed E-state index contributed by atoms with van der Waals surface area (Å²) in [5.41, 5.74) is 0.788. The third-order valence-corrected chi connectivity index (χ3v) is 4.45. The summed E-state index contributed by atoms with van der Waals surface area (Å²) in [6, 6.07) is 5.88. The Kier molecular flexibility index (Phi) is 3.73. The van der Waals surface area contributed by atoms with Gasteiger partial charge in [-0.25, -0.2) is 9.78 Å². The molecule has 0 atom stereocenters. The van der Waals surface area contributed by atoms with E-state index in [0.29, 0.717) is 11.2 Å². The monoisotopic (exact) mass is 291 g/mol. The van der Waals surface area contributed by atoms with Gasteiger partial charge < -0.3 is 10.1 Å². The molecule has 2 amide bonds. The van der Waals surface area contributed by atoms with Crippen molar-refractivity contribution >= 4 is 32.7 Å². The van der Waals surface area contributed by atoms with Crippen molar-refractivity contribution in [3.05, 3.63) is 18.2 Å². The summed E-state index contributed by atoms with van der Waals surface area (Å²) in [5.74, 6) is 0.725. The van der Waals surface area contributed by atoms with E-state index in [1.54, 1.807) is 7.11 Å². The number of anilines is 1. The van der Waals surface area contributed by atoms with Crippen LogP contribution in [0.3, 0.4) is 0 Å². The van der Waals surface area contributed by atoms with Crippen LogP contribution >= 0.6 is 11.3 Å². The summed E-state index contributed by atoms with van der Waals surface area (Å²) in [6.45, 7) is 0. The van der Waals surface area contributed by atoms with Gasteiger partial charge in [0.1, 0.15) is 11.3 Å². The number of carbonyl (C=O) groups excluding carboxylic acids is 1. The summed E-state index contributed by atoms with van der Waals surface area (Å²) in [6.07, 6.45) is 4.54. The summed E-state index contributed by atoms with van der Waals surface area (Å²) >= 11 is 1.45. The lowest BCUT2D eigenvalue weighted by atomic mass is 10.3. The number of aromatic nitrogens is 1. The molecule has 0 unspecified atom stereocenters. The quantitative estimate of drug-likeness (QED) is 0.911. The number of para-hydroxylation sites is 1. The molecule has 1 aromatic carbocycles. The van der Waals surface area contributed by atoms with Gasteiger partial charge in [0, 0.05) is 6.04 Å². The largest absolute Gasteiger partial charge is 0.494 e. The number of thiazole rings is 1. The van der Waals surface area contributed by atoms with Crippen LogP contribution in [-0.2, 0) is 0 Å². The average molecular weight is 291 g/mol. The smallest absolute Gasteiger partial charge is 0.321 e. The maximum atomic E-state index is 11.9. The number of rotatable bonds is 3. The summed E-state index contributed by atoms with van der Waals surface area (Å²) in [5, 5.41) is 6.39. The summed E-state index contributed by atoms with van der Waals surface area (Å²) in [4.78, 5) is 16.3. The van der Waals surface area contributed by atoms with Crippen molar-refractivity contribution in [2.45, 2.75) is 31.7 Å². The number of carbonyl (C=O) groups is 1. The Morgan fingerprint density at radius 3 is 2.95 bits per heavy atom. The highest BCUT2D eigenvalue weighted by Crippen LogP contribution is 2.32. The first-order valence-corrected chi connectivity index (χ1v) is 7.59. The Morgan fingerprint density at radius 2 is 2.20 bits per heavy atom. The second-order valence-electron chi connectivity index (χ2n) is 4.91. The fraction of sp³-hybridized carbons (Fsp3) is 0.429. The van der Waals surface area contributed by atoms with E-state index in [1.165, 1.54) is 24.2 Å². The van der Waals surface area contributed by atoms with Crippen LogP contribution < -0.4 is 15.4 Å². The van der Waals surface area contributed by atoms with Crippen LogP contribution in [0.2, 0.25) is 0 Å². The van der Waals surface area contributed by atoms with E-state index in [4.69, 9.17) is 4.74 Å². The lowest BCUT2D eigenvalue weighted by molar-refractivity contribution is 0.248. The van der Waals surface area contributed by atoms with Gasteiger partial charge in [-0.2, -0.15) is 0 Å². The van der Waals surface area contributed by atoms with Gasteiger partial charge in [-0.3, -0.25) is 5.32 Å². The van der Waals surface area contributed by atoms with Crippen molar-refractivity contribution < 1.29 is 9.53 Å². The molecule has 20 heavy (non-hydrogen) atoms. The molecule has 2 N–H and O–H groups in total. The van der Waals surface area contributed by atoms with Gasteiger partial charge >= 0.3 is 6.03 Å². The molecule has 106 valence electrons. The number of hydrogen-bond acceptors (Lipinski definition) is 4. The van der Waals surface area contributed by atoms with Crippen molar-refractivity contribution in [2.24, 2.45) is 0 Å². The molecule has 1 aliphatic rings. The maximum absolute atomic E-state index is 11.9. The first-order valence-electron chi connectivity index (χ1n) is 6.77. The van der Waals surface area contributed by atoms with Crippen molar-refractivity contribution in [2.75, 3.05) is 12.4 Å². The minimum absolute atomic E-state index is 0.171. The molecule has 1 aromatic heterocycles. The van der Waals surface area contributed by atoms with Gasteiger partial charge in [-0.15, -0.1) is 0 Å². The van der Waals surface area contributed by atoms with Gasteiger partial charge in [-0.05, 0) is 25.0 Å². The molecule has 0 spiro atoms. The molecule has 0 saturated heterocycles. The second kappa shape index (κ2) is 5.66. The zero-order valence-electron chi connectivity index (χ0n) is 11.3. The second-order valence-corrected chi connectivity index (χ2v) is 5.94. The van der Waals surface area contributed by atoms with E-state index in [-0.39, 0.29) is 6.03 Å². The van der Waals surface area contributed by atoms with Crippen LogP contribution in [0.4, 0.5) is 9.93 Å². The number of benzene rings is 1. The highest BCUT2D eigenvalue weighted by atomic mass is 32.1. The van der Waals surface area contributed by atoms with E-state index in [9.17, 15) is 4.79 Å². The summed E-state index contributed by atoms with van der Waals surface area (Å²) < 4.78 is 6.27. The van der Waals surface area contributed by atoms with Gasteiger partial charge in [0.05, 0.1) is 11.8 Å². The molecule has 1 heterocycles. The Bertz CT molecular complexity index is 620. The fourth-order valence-electron chi connectivity index (χ4n) is 2.53. The minimum Gasteiger partial charge on any atom is -0.494 e. The van der Waals surface area contributed by atoms with Crippen LogP contribution in [0.5, 0.6) is 5.75 Å². The van der Waals surface area contributed by atoms with Gasteiger partial charge in [0.25, 0.3) is 0 Å². The highest BCUT2D eigenvalue weighted by molar-refractivity contribution is 7.22. The first-order chi connectivity index (χ1) is 9.76. The zero-order chi connectivity index (χ0) is 13.9. The van der Waals surface area contributed by atoms with Crippen molar-refractivity contribution in [3.8, 4) is 5.75 Å². The maximum Gasteiger partial charge on any atom is 0.321 e. The van der Waals surface area contributed by atoms with E-state index in [1.807, 2.05) is 18.2 Å². The standard InChI is InChI=1S/C14H17N3O2S/c1-19-10-7-4-8-11-12(10)16-14(20-11)17-13(18)15-9-5-2-3-6-9/h4,7-9H,2-3,5-6H2,1H3,(H2,15,16,17,18). The zero-order valence-corrected chi connectivity index (χ0v) is 12.1. The van der Waals surface area contributed by atoms with Crippen LogP contribution in [0.1, 0.15) is 25.7 Å². The third kappa shape index (κ3) is 2.70. The Balaban J connectivity index is 1.72. The molecular weight excluding hydrogens is 274 g/mol. The van der Waals surface area contributed by atoms with Crippen molar-refractivity contribution in [1.29, 1.82) is 0 Å². The first kappa shape index (κ1) is 13.2.